The predicted octanol–water partition coefficient (Wildman–Crippen LogP) is 1.86. The van der Waals surface area contributed by atoms with E-state index in [1.54, 1.807) is 0 Å². The number of aryl methyl sites for hydroxylation is 2. The van der Waals surface area contributed by atoms with Crippen molar-refractivity contribution in [1.29, 1.82) is 0 Å². The Balaban J connectivity index is 2.14. The third-order valence-electron chi connectivity index (χ3n) is 3.74. The van der Waals surface area contributed by atoms with Gasteiger partial charge >= 0.3 is 0 Å². The van der Waals surface area contributed by atoms with E-state index in [9.17, 15) is 4.79 Å². The summed E-state index contributed by atoms with van der Waals surface area (Å²) in [5.74, 6) is 0.139. The van der Waals surface area contributed by atoms with Crippen molar-refractivity contribution in [2.75, 3.05) is 27.2 Å². The maximum Gasteiger partial charge on any atom is 0.254 e. The van der Waals surface area contributed by atoms with Crippen molar-refractivity contribution < 1.29 is 4.79 Å². The molecule has 4 heteroatoms. The van der Waals surface area contributed by atoms with Crippen molar-refractivity contribution in [3.63, 3.8) is 0 Å². The van der Waals surface area contributed by atoms with Gasteiger partial charge in [0.05, 0.1) is 0 Å². The monoisotopic (exact) mass is 261 g/mol. The van der Waals surface area contributed by atoms with E-state index < -0.39 is 0 Å². The zero-order valence-electron chi connectivity index (χ0n) is 12.3. The van der Waals surface area contributed by atoms with Gasteiger partial charge in [0.1, 0.15) is 0 Å². The summed E-state index contributed by atoms with van der Waals surface area (Å²) in [5, 5.41) is 0. The zero-order chi connectivity index (χ0) is 14.0. The van der Waals surface area contributed by atoms with Crippen LogP contribution in [0.3, 0.4) is 0 Å². The number of piperidine rings is 1. The number of rotatable bonds is 2. The summed E-state index contributed by atoms with van der Waals surface area (Å²) in [6, 6.07) is 4.24. The molecule has 2 rings (SSSR count). The van der Waals surface area contributed by atoms with Crippen molar-refractivity contribution in [3.8, 4) is 0 Å². The lowest BCUT2D eigenvalue weighted by atomic mass is 10.0. The molecule has 0 aliphatic carbocycles. The van der Waals surface area contributed by atoms with Gasteiger partial charge in [-0.1, -0.05) is 0 Å². The number of amides is 1. The van der Waals surface area contributed by atoms with Crippen LogP contribution >= 0.6 is 0 Å². The Morgan fingerprint density at radius 1 is 1.32 bits per heavy atom. The number of pyridine rings is 1. The quantitative estimate of drug-likeness (QED) is 0.815. The first-order valence-electron chi connectivity index (χ1n) is 6.88. The molecule has 1 amide bonds. The standard InChI is InChI=1S/C15H23N3O/c1-11-8-13(9-12(2)16-11)15(19)18-7-5-6-14(10-18)17(3)4/h8-9,14H,5-7,10H2,1-4H3/t14-/m0/s1. The van der Waals surface area contributed by atoms with E-state index in [2.05, 4.69) is 24.0 Å². The molecule has 1 aliphatic heterocycles. The lowest BCUT2D eigenvalue weighted by Gasteiger charge is -2.36. The Labute approximate surface area is 115 Å². The van der Waals surface area contributed by atoms with Crippen molar-refractivity contribution in [2.45, 2.75) is 32.7 Å². The Kier molecular flexibility index (Phi) is 4.20. The molecule has 1 atom stereocenters. The lowest BCUT2D eigenvalue weighted by molar-refractivity contribution is 0.0635. The number of likely N-dealkylation sites (tertiary alicyclic amines) is 1. The normalized spacial score (nSPS) is 19.8. The highest BCUT2D eigenvalue weighted by Crippen LogP contribution is 2.17. The van der Waals surface area contributed by atoms with E-state index in [-0.39, 0.29) is 5.91 Å². The molecule has 4 nitrogen and oxygen atoms in total. The summed E-state index contributed by atoms with van der Waals surface area (Å²) in [4.78, 5) is 21.1. The van der Waals surface area contributed by atoms with Crippen LogP contribution in [0.5, 0.6) is 0 Å². The van der Waals surface area contributed by atoms with E-state index in [4.69, 9.17) is 0 Å². The summed E-state index contributed by atoms with van der Waals surface area (Å²) in [5.41, 5.74) is 2.58. The second-order valence-corrected chi connectivity index (χ2v) is 5.65. The molecular formula is C15H23N3O. The summed E-state index contributed by atoms with van der Waals surface area (Å²) >= 11 is 0. The van der Waals surface area contributed by atoms with Crippen LogP contribution in [0, 0.1) is 13.8 Å². The van der Waals surface area contributed by atoms with Gasteiger partial charge in [-0.25, -0.2) is 0 Å². The Morgan fingerprint density at radius 3 is 2.53 bits per heavy atom. The Morgan fingerprint density at radius 2 is 1.95 bits per heavy atom. The van der Waals surface area contributed by atoms with Crippen LogP contribution < -0.4 is 0 Å². The summed E-state index contributed by atoms with van der Waals surface area (Å²) in [7, 11) is 4.17. The predicted molar refractivity (Wildman–Crippen MR) is 76.3 cm³/mol. The van der Waals surface area contributed by atoms with Crippen LogP contribution in [-0.4, -0.2) is 53.9 Å². The topological polar surface area (TPSA) is 36.4 Å². The minimum absolute atomic E-state index is 0.139. The van der Waals surface area contributed by atoms with Crippen molar-refractivity contribution in [1.82, 2.24) is 14.8 Å². The molecule has 1 saturated heterocycles. The fraction of sp³-hybridized carbons (Fsp3) is 0.600. The average molecular weight is 261 g/mol. The van der Waals surface area contributed by atoms with E-state index in [1.165, 1.54) is 6.42 Å². The minimum atomic E-state index is 0.139. The Hall–Kier alpha value is -1.42. The minimum Gasteiger partial charge on any atom is -0.337 e. The summed E-state index contributed by atoms with van der Waals surface area (Å²) < 4.78 is 0. The van der Waals surface area contributed by atoms with Crippen LogP contribution in [0.4, 0.5) is 0 Å². The average Bonchev–Trinajstić information content (AvgIpc) is 2.37. The smallest absolute Gasteiger partial charge is 0.254 e. The Bertz CT molecular complexity index is 450. The first-order chi connectivity index (χ1) is 8.97. The molecule has 0 bridgehead atoms. The molecule has 0 radical (unpaired) electrons. The number of aromatic nitrogens is 1. The first kappa shape index (κ1) is 14.0. The third kappa shape index (κ3) is 3.32. The second kappa shape index (κ2) is 5.70. The number of hydrogen-bond acceptors (Lipinski definition) is 3. The molecule has 2 heterocycles. The molecule has 104 valence electrons. The van der Waals surface area contributed by atoms with Gasteiger partial charge in [0.25, 0.3) is 5.91 Å². The lowest BCUT2D eigenvalue weighted by Crippen LogP contribution is -2.47. The highest BCUT2D eigenvalue weighted by Gasteiger charge is 2.25. The summed E-state index contributed by atoms with van der Waals surface area (Å²) in [6.07, 6.45) is 2.25. The van der Waals surface area contributed by atoms with E-state index in [1.807, 2.05) is 30.9 Å². The molecule has 0 aromatic carbocycles. The van der Waals surface area contributed by atoms with Gasteiger partial charge in [-0.2, -0.15) is 0 Å². The number of carbonyl (C=O) groups is 1. The van der Waals surface area contributed by atoms with Gasteiger partial charge in [-0.05, 0) is 52.9 Å². The van der Waals surface area contributed by atoms with Gasteiger partial charge in [-0.3, -0.25) is 9.78 Å². The molecule has 0 saturated carbocycles. The summed E-state index contributed by atoms with van der Waals surface area (Å²) in [6.45, 7) is 5.56. The molecule has 1 aromatic rings. The van der Waals surface area contributed by atoms with Gasteiger partial charge in [0.15, 0.2) is 0 Å². The van der Waals surface area contributed by atoms with Crippen LogP contribution in [0.25, 0.3) is 0 Å². The first-order valence-corrected chi connectivity index (χ1v) is 6.88. The fourth-order valence-electron chi connectivity index (χ4n) is 2.70. The number of nitrogens with zero attached hydrogens (tertiary/aromatic N) is 3. The molecular weight excluding hydrogens is 238 g/mol. The van der Waals surface area contributed by atoms with Gasteiger partial charge in [-0.15, -0.1) is 0 Å². The number of likely N-dealkylation sites (N-methyl/N-ethyl adjacent to an activating group) is 1. The highest BCUT2D eigenvalue weighted by molar-refractivity contribution is 5.94. The maximum atomic E-state index is 12.6. The fourth-order valence-corrected chi connectivity index (χ4v) is 2.70. The van der Waals surface area contributed by atoms with Crippen LogP contribution in [0.15, 0.2) is 12.1 Å². The molecule has 1 aromatic heterocycles. The third-order valence-corrected chi connectivity index (χ3v) is 3.74. The number of hydrogen-bond donors (Lipinski definition) is 0. The van der Waals surface area contributed by atoms with E-state index in [0.29, 0.717) is 6.04 Å². The van der Waals surface area contributed by atoms with Gasteiger partial charge in [0.2, 0.25) is 0 Å². The van der Waals surface area contributed by atoms with Crippen LogP contribution in [0.1, 0.15) is 34.6 Å². The molecule has 0 unspecified atom stereocenters. The van der Waals surface area contributed by atoms with Gasteiger partial charge in [0, 0.05) is 36.1 Å². The van der Waals surface area contributed by atoms with E-state index >= 15 is 0 Å². The largest absolute Gasteiger partial charge is 0.337 e. The molecule has 0 spiro atoms. The van der Waals surface area contributed by atoms with Crippen LogP contribution in [-0.2, 0) is 0 Å². The molecule has 0 N–H and O–H groups in total. The highest BCUT2D eigenvalue weighted by atomic mass is 16.2. The molecule has 19 heavy (non-hydrogen) atoms. The second-order valence-electron chi connectivity index (χ2n) is 5.65. The van der Waals surface area contributed by atoms with E-state index in [0.717, 1.165) is 36.5 Å². The van der Waals surface area contributed by atoms with Crippen molar-refractivity contribution in [2.24, 2.45) is 0 Å². The van der Waals surface area contributed by atoms with Crippen molar-refractivity contribution >= 4 is 5.91 Å². The molecule has 1 fully saturated rings. The van der Waals surface area contributed by atoms with Crippen molar-refractivity contribution in [3.05, 3.63) is 29.1 Å². The number of carbonyl (C=O) groups excluding carboxylic acids is 1. The van der Waals surface area contributed by atoms with Crippen LogP contribution in [0.2, 0.25) is 0 Å². The SMILES string of the molecule is Cc1cc(C(=O)N2CCC[C@H](N(C)C)C2)cc(C)n1. The van der Waals surface area contributed by atoms with Gasteiger partial charge < -0.3 is 9.80 Å². The molecule has 1 aliphatic rings. The zero-order valence-corrected chi connectivity index (χ0v) is 12.3. The maximum absolute atomic E-state index is 12.6.